The molecule has 6 nitrogen and oxygen atoms in total. The average Bonchev–Trinajstić information content (AvgIpc) is 2.49. The SMILES string of the molecule is CC(C)(C)/[N+]([O-])=C/c1ccc(S(=O)(=O)O)o1. The van der Waals surface area contributed by atoms with Crippen LogP contribution < -0.4 is 0 Å². The van der Waals surface area contributed by atoms with E-state index in [1.807, 2.05) is 0 Å². The highest BCUT2D eigenvalue weighted by Crippen LogP contribution is 2.13. The first-order valence-electron chi connectivity index (χ1n) is 4.49. The van der Waals surface area contributed by atoms with Gasteiger partial charge in [0.25, 0.3) is 0 Å². The monoisotopic (exact) mass is 247 g/mol. The summed E-state index contributed by atoms with van der Waals surface area (Å²) in [5.74, 6) is 0.0672. The van der Waals surface area contributed by atoms with Gasteiger partial charge in [-0.25, -0.2) is 4.74 Å². The number of furan rings is 1. The smallest absolute Gasteiger partial charge is 0.328 e. The van der Waals surface area contributed by atoms with E-state index in [4.69, 9.17) is 8.97 Å². The Morgan fingerprint density at radius 3 is 2.38 bits per heavy atom. The molecule has 90 valence electrons. The predicted octanol–water partition coefficient (Wildman–Crippen LogP) is 1.25. The van der Waals surface area contributed by atoms with Crippen LogP contribution in [0.2, 0.25) is 0 Å². The van der Waals surface area contributed by atoms with Crippen molar-refractivity contribution in [2.24, 2.45) is 0 Å². The quantitative estimate of drug-likeness (QED) is 0.279. The van der Waals surface area contributed by atoms with Crippen molar-refractivity contribution in [2.75, 3.05) is 0 Å². The zero-order chi connectivity index (χ0) is 12.6. The van der Waals surface area contributed by atoms with E-state index in [9.17, 15) is 13.6 Å². The molecule has 1 aromatic heterocycles. The minimum absolute atomic E-state index is 0.0672. The number of hydrogen-bond donors (Lipinski definition) is 1. The Balaban J connectivity index is 3.06. The lowest BCUT2D eigenvalue weighted by Crippen LogP contribution is -2.29. The summed E-state index contributed by atoms with van der Waals surface area (Å²) < 4.78 is 35.5. The largest absolute Gasteiger partial charge is 0.623 e. The number of hydrogen-bond acceptors (Lipinski definition) is 4. The molecule has 0 aliphatic rings. The second-order valence-electron chi connectivity index (χ2n) is 4.26. The molecule has 1 rings (SSSR count). The molecule has 0 aromatic carbocycles. The van der Waals surface area contributed by atoms with Crippen molar-refractivity contribution in [2.45, 2.75) is 31.4 Å². The van der Waals surface area contributed by atoms with Crippen LogP contribution in [-0.4, -0.2) is 29.5 Å². The lowest BCUT2D eigenvalue weighted by atomic mass is 10.1. The van der Waals surface area contributed by atoms with Gasteiger partial charge < -0.3 is 9.62 Å². The third-order valence-electron chi connectivity index (χ3n) is 1.76. The Morgan fingerprint density at radius 1 is 1.44 bits per heavy atom. The lowest BCUT2D eigenvalue weighted by molar-refractivity contribution is -0.530. The zero-order valence-corrected chi connectivity index (χ0v) is 9.98. The van der Waals surface area contributed by atoms with Gasteiger partial charge >= 0.3 is 10.1 Å². The van der Waals surface area contributed by atoms with Crippen molar-refractivity contribution in [3.05, 3.63) is 23.1 Å². The second-order valence-corrected chi connectivity index (χ2v) is 5.61. The first-order chi connectivity index (χ1) is 7.10. The van der Waals surface area contributed by atoms with Crippen LogP contribution in [0.3, 0.4) is 0 Å². The van der Waals surface area contributed by atoms with E-state index in [-0.39, 0.29) is 5.76 Å². The van der Waals surface area contributed by atoms with Gasteiger partial charge in [0.2, 0.25) is 11.3 Å². The fourth-order valence-electron chi connectivity index (χ4n) is 0.852. The second kappa shape index (κ2) is 3.91. The highest BCUT2D eigenvalue weighted by atomic mass is 32.2. The molecule has 7 heteroatoms. The third-order valence-corrected chi connectivity index (χ3v) is 2.49. The van der Waals surface area contributed by atoms with Gasteiger partial charge in [0.1, 0.15) is 0 Å². The highest BCUT2D eigenvalue weighted by molar-refractivity contribution is 7.85. The summed E-state index contributed by atoms with van der Waals surface area (Å²) in [4.78, 5) is 0. The van der Waals surface area contributed by atoms with Crippen LogP contribution >= 0.6 is 0 Å². The van der Waals surface area contributed by atoms with E-state index in [1.165, 1.54) is 6.07 Å². The predicted molar refractivity (Wildman–Crippen MR) is 57.1 cm³/mol. The topological polar surface area (TPSA) is 93.6 Å². The summed E-state index contributed by atoms with van der Waals surface area (Å²) in [5, 5.41) is 10.9. The summed E-state index contributed by atoms with van der Waals surface area (Å²) >= 11 is 0. The minimum atomic E-state index is -4.36. The minimum Gasteiger partial charge on any atom is -0.623 e. The lowest BCUT2D eigenvalue weighted by Gasteiger charge is -2.17. The summed E-state index contributed by atoms with van der Waals surface area (Å²) in [5.41, 5.74) is -0.648. The van der Waals surface area contributed by atoms with Crippen molar-refractivity contribution in [1.29, 1.82) is 0 Å². The molecule has 0 radical (unpaired) electrons. The Hall–Kier alpha value is -1.34. The van der Waals surface area contributed by atoms with Crippen molar-refractivity contribution in [1.82, 2.24) is 0 Å². The third kappa shape index (κ3) is 3.07. The van der Waals surface area contributed by atoms with Crippen molar-refractivity contribution >= 4 is 16.3 Å². The Labute approximate surface area is 93.5 Å². The molecule has 16 heavy (non-hydrogen) atoms. The summed E-state index contributed by atoms with van der Waals surface area (Å²) in [7, 11) is -4.36. The van der Waals surface area contributed by atoms with Gasteiger partial charge in [-0.2, -0.15) is 8.42 Å². The van der Waals surface area contributed by atoms with E-state index in [1.54, 1.807) is 20.8 Å². The van der Waals surface area contributed by atoms with Gasteiger partial charge in [-0.15, -0.1) is 0 Å². The first-order valence-corrected chi connectivity index (χ1v) is 5.93. The zero-order valence-electron chi connectivity index (χ0n) is 9.17. The van der Waals surface area contributed by atoms with E-state index < -0.39 is 20.7 Å². The Bertz CT molecular complexity index is 506. The van der Waals surface area contributed by atoms with Crippen LogP contribution in [0.25, 0.3) is 0 Å². The van der Waals surface area contributed by atoms with Gasteiger partial charge in [0, 0.05) is 20.8 Å². The molecule has 0 saturated carbocycles. The average molecular weight is 247 g/mol. The fourth-order valence-corrected chi connectivity index (χ4v) is 1.29. The Kier molecular flexibility index (Phi) is 3.11. The van der Waals surface area contributed by atoms with Crippen LogP contribution in [0.5, 0.6) is 0 Å². The van der Waals surface area contributed by atoms with E-state index >= 15 is 0 Å². The molecular weight excluding hydrogens is 234 g/mol. The van der Waals surface area contributed by atoms with Gasteiger partial charge in [-0.05, 0) is 12.1 Å². The van der Waals surface area contributed by atoms with Crippen LogP contribution in [0.15, 0.2) is 21.6 Å². The van der Waals surface area contributed by atoms with Gasteiger partial charge in [-0.3, -0.25) is 4.55 Å². The van der Waals surface area contributed by atoms with E-state index in [0.717, 1.165) is 12.3 Å². The normalized spacial score (nSPS) is 14.1. The van der Waals surface area contributed by atoms with Crippen LogP contribution in [0, 0.1) is 5.21 Å². The van der Waals surface area contributed by atoms with Crippen molar-refractivity contribution < 1.29 is 22.1 Å². The van der Waals surface area contributed by atoms with Crippen LogP contribution in [0.4, 0.5) is 0 Å². The molecule has 1 N–H and O–H groups in total. The molecule has 1 aromatic rings. The van der Waals surface area contributed by atoms with Gasteiger partial charge in [-0.1, -0.05) is 0 Å². The van der Waals surface area contributed by atoms with Crippen LogP contribution in [-0.2, 0) is 10.1 Å². The van der Waals surface area contributed by atoms with E-state index in [2.05, 4.69) is 0 Å². The highest BCUT2D eigenvalue weighted by Gasteiger charge is 2.20. The van der Waals surface area contributed by atoms with Crippen LogP contribution in [0.1, 0.15) is 26.5 Å². The maximum atomic E-state index is 11.5. The van der Waals surface area contributed by atoms with Crippen molar-refractivity contribution in [3.8, 4) is 0 Å². The first kappa shape index (κ1) is 12.7. The summed E-state index contributed by atoms with van der Waals surface area (Å²) in [6.45, 7) is 5.09. The summed E-state index contributed by atoms with van der Waals surface area (Å²) in [6, 6.07) is 2.37. The van der Waals surface area contributed by atoms with E-state index in [0.29, 0.717) is 4.74 Å². The van der Waals surface area contributed by atoms with Crippen molar-refractivity contribution in [3.63, 3.8) is 0 Å². The molecule has 0 aliphatic heterocycles. The maximum absolute atomic E-state index is 11.5. The molecule has 1 heterocycles. The molecule has 0 spiro atoms. The maximum Gasteiger partial charge on any atom is 0.328 e. The summed E-state index contributed by atoms with van der Waals surface area (Å²) in [6.07, 6.45) is 1.12. The number of nitrogens with zero attached hydrogens (tertiary/aromatic N) is 1. The molecule has 0 aliphatic carbocycles. The molecular formula is C9H13NO5S. The molecule has 0 fully saturated rings. The molecule has 0 saturated heterocycles. The number of hydroxylamine groups is 1. The molecule has 0 bridgehead atoms. The van der Waals surface area contributed by atoms with Gasteiger partial charge in [0.15, 0.2) is 11.3 Å². The fraction of sp³-hybridized carbons (Fsp3) is 0.444. The Morgan fingerprint density at radius 2 is 2.00 bits per heavy atom. The molecule has 0 amide bonds. The standard InChI is InChI=1S/C9H13NO5S/c1-9(2,3)10(11)6-7-4-5-8(15-7)16(12,13)14/h4-6H,1-3H3,(H,12,13,14)/b10-6-. The molecule has 0 atom stereocenters. The number of rotatable bonds is 2. The molecule has 0 unspecified atom stereocenters. The van der Waals surface area contributed by atoms with Gasteiger partial charge in [0.05, 0.1) is 0 Å².